The largest absolute Gasteiger partial charge is 0.371 e. The molecule has 23 heteroatoms. The Labute approximate surface area is 537 Å². The van der Waals surface area contributed by atoms with E-state index in [9.17, 15) is 24.0 Å². The molecule has 5 amide bonds. The van der Waals surface area contributed by atoms with Gasteiger partial charge in [-0.25, -0.2) is 19.6 Å². The summed E-state index contributed by atoms with van der Waals surface area (Å²) in [6.07, 6.45) is 4.42. The van der Waals surface area contributed by atoms with Gasteiger partial charge in [-0.2, -0.15) is 9.36 Å². The van der Waals surface area contributed by atoms with E-state index < -0.39 is 16.6 Å². The summed E-state index contributed by atoms with van der Waals surface area (Å²) in [6, 6.07) is 60.3. The predicted molar refractivity (Wildman–Crippen MR) is 361 cm³/mol. The Bertz CT molecular complexity index is 3270. The summed E-state index contributed by atoms with van der Waals surface area (Å²) in [6.45, 7) is 11.6. The van der Waals surface area contributed by atoms with Crippen molar-refractivity contribution in [1.82, 2.24) is 67.0 Å². The molecule has 0 radical (unpaired) electrons. The summed E-state index contributed by atoms with van der Waals surface area (Å²) in [5.74, 6) is 0.206. The summed E-state index contributed by atoms with van der Waals surface area (Å²) in [7, 11) is 5.28. The van der Waals surface area contributed by atoms with Crippen LogP contribution in [0.3, 0.4) is 0 Å². The lowest BCUT2D eigenvalue weighted by molar-refractivity contribution is -0.127. The van der Waals surface area contributed by atoms with Gasteiger partial charge in [0.25, 0.3) is 5.91 Å². The molecule has 4 aliphatic heterocycles. The van der Waals surface area contributed by atoms with Crippen molar-refractivity contribution in [3.63, 3.8) is 0 Å². The van der Waals surface area contributed by atoms with E-state index in [0.29, 0.717) is 45.6 Å². The first kappa shape index (κ1) is 67.5. The lowest BCUT2D eigenvalue weighted by Gasteiger charge is -2.48. The van der Waals surface area contributed by atoms with Gasteiger partial charge in [-0.15, -0.1) is 11.1 Å². The average molecular weight is 1290 g/mol. The maximum Gasteiger partial charge on any atom is 0.363 e. The second-order valence-corrected chi connectivity index (χ2v) is 23.0. The SMILES string of the molecule is CCN1NNN(CCBr)C1=O.CCn1nnn(CCN2CCC(C(=O)NC)(N(c3ccccc3)c3ccccc3)CC2)c1=O.CN(C(=O)C1(Nc2ccccc2)CCNCC1)c1ccccc1.CNC(=O)C1(N(c2ccccc2)c2ccccc2)CCNCC1. The zero-order valence-corrected chi connectivity index (χ0v) is 54.0. The van der Waals surface area contributed by atoms with E-state index in [1.54, 1.807) is 19.0 Å². The van der Waals surface area contributed by atoms with Crippen molar-refractivity contribution in [3.8, 4) is 0 Å². The zero-order chi connectivity index (χ0) is 63.8. The van der Waals surface area contributed by atoms with Gasteiger partial charge in [-0.3, -0.25) is 14.4 Å². The number of anilines is 6. The number of nitrogens with one attached hydrogen (secondary N) is 7. The van der Waals surface area contributed by atoms with Gasteiger partial charge in [-0.1, -0.05) is 125 Å². The number of likely N-dealkylation sites (tertiary alicyclic amines) is 1. The Morgan fingerprint density at radius 1 is 0.511 bits per heavy atom. The predicted octanol–water partition coefficient (Wildman–Crippen LogP) is 7.52. The van der Waals surface area contributed by atoms with Crippen molar-refractivity contribution in [2.45, 2.75) is 82.1 Å². The van der Waals surface area contributed by atoms with Gasteiger partial charge in [0, 0.05) is 93.3 Å². The normalized spacial score (nSPS) is 16.5. The second-order valence-electron chi connectivity index (χ2n) is 22.2. The van der Waals surface area contributed by atoms with Crippen molar-refractivity contribution in [3.05, 3.63) is 192 Å². The molecule has 0 aliphatic carbocycles. The Morgan fingerprint density at radius 2 is 0.911 bits per heavy atom. The quantitative estimate of drug-likeness (QED) is 0.0389. The van der Waals surface area contributed by atoms with Gasteiger partial charge in [0.05, 0.1) is 13.1 Å². The number of carbonyl (C=O) groups excluding carboxylic acids is 4. The highest BCUT2D eigenvalue weighted by atomic mass is 79.9. The van der Waals surface area contributed by atoms with Crippen LogP contribution in [0.4, 0.5) is 38.9 Å². The minimum absolute atomic E-state index is 0.0111. The van der Waals surface area contributed by atoms with E-state index in [1.165, 1.54) is 19.4 Å². The van der Waals surface area contributed by atoms with Crippen LogP contribution in [0.5, 0.6) is 0 Å². The summed E-state index contributed by atoms with van der Waals surface area (Å²) in [4.78, 5) is 71.5. The molecule has 90 heavy (non-hydrogen) atoms. The Hall–Kier alpha value is -8.45. The van der Waals surface area contributed by atoms with Crippen molar-refractivity contribution < 1.29 is 19.2 Å². The number of para-hydroxylation sites is 6. The zero-order valence-electron chi connectivity index (χ0n) is 52.4. The Kier molecular flexibility index (Phi) is 25.0. The number of benzene rings is 6. The highest BCUT2D eigenvalue weighted by Gasteiger charge is 2.48. The number of hydrogen-bond acceptors (Lipinski definition) is 15. The highest BCUT2D eigenvalue weighted by molar-refractivity contribution is 9.09. The number of aromatic nitrogens is 4. The van der Waals surface area contributed by atoms with Crippen LogP contribution in [0, 0.1) is 0 Å². The van der Waals surface area contributed by atoms with Gasteiger partial charge < -0.3 is 46.2 Å². The average Bonchev–Trinajstić information content (AvgIpc) is 0.994. The maximum absolute atomic E-state index is 13.4. The number of nitrogens with zero attached hydrogens (tertiary/aromatic N) is 10. The summed E-state index contributed by atoms with van der Waals surface area (Å²) >= 11 is 3.25. The van der Waals surface area contributed by atoms with Crippen LogP contribution >= 0.6 is 15.9 Å². The standard InChI is InChI=1S/C24H31N7O2.2C19H23N3O.C5H11BrN4O/c1-3-29-23(33)30(27-26-29)19-18-28-16-14-24(15-17-28,22(32)25-2)31(20-10-6-4-7-11-20)21-12-8-5-9-13-21;1-22(17-10-6-3-7-11-17)18(23)19(12-14-20-15-13-19)21-16-8-4-2-5-9-16;1-20-18(23)19(12-14-21-15-13-19)22(16-8-4-2-5-9-16)17-10-6-3-7-11-17;1-2-9-5(11)10(4-3-6)8-7-9/h4-13H,3,14-19H2,1-2H3,(H,25,32);2-11,20-21H,12-15H2,1H3;2-11,21H,12-15H2,1H3,(H,20,23);7-8H,2-4H2,1H3. The van der Waals surface area contributed by atoms with Crippen molar-refractivity contribution >= 4 is 73.8 Å². The lowest BCUT2D eigenvalue weighted by atomic mass is 9.83. The smallest absolute Gasteiger partial charge is 0.363 e. The van der Waals surface area contributed by atoms with Crippen LogP contribution in [0.1, 0.15) is 52.4 Å². The van der Waals surface area contributed by atoms with Crippen LogP contribution in [-0.4, -0.2) is 160 Å². The minimum Gasteiger partial charge on any atom is -0.371 e. The summed E-state index contributed by atoms with van der Waals surface area (Å²) in [5, 5.41) is 27.7. The second kappa shape index (κ2) is 33.4. The van der Waals surface area contributed by atoms with Crippen molar-refractivity contribution in [2.75, 3.05) is 105 Å². The van der Waals surface area contributed by atoms with Crippen LogP contribution in [0.25, 0.3) is 0 Å². The first-order valence-electron chi connectivity index (χ1n) is 31.1. The summed E-state index contributed by atoms with van der Waals surface area (Å²) < 4.78 is 2.76. The van der Waals surface area contributed by atoms with Gasteiger partial charge in [0.2, 0.25) is 11.8 Å². The molecule has 4 aliphatic rings. The number of amides is 5. The van der Waals surface area contributed by atoms with Gasteiger partial charge in [0.15, 0.2) is 0 Å². The fourth-order valence-corrected chi connectivity index (χ4v) is 12.3. The number of likely N-dealkylation sites (N-methyl/N-ethyl adjacent to an activating group) is 3. The monoisotopic (exact) mass is 1290 g/mol. The molecule has 7 N–H and O–H groups in total. The highest BCUT2D eigenvalue weighted by Crippen LogP contribution is 2.41. The molecule has 5 heterocycles. The third-order valence-corrected chi connectivity index (χ3v) is 17.2. The molecular weight excluding hydrogens is 1200 g/mol. The molecule has 0 saturated carbocycles. The van der Waals surface area contributed by atoms with Crippen molar-refractivity contribution in [2.24, 2.45) is 0 Å². The molecule has 11 rings (SSSR count). The van der Waals surface area contributed by atoms with Crippen LogP contribution < -0.4 is 58.0 Å². The molecule has 22 nitrogen and oxygen atoms in total. The number of alkyl halides is 1. The lowest BCUT2D eigenvalue weighted by Crippen LogP contribution is -2.62. The third-order valence-electron chi connectivity index (χ3n) is 16.8. The number of carbonyl (C=O) groups is 4. The topological polar surface area (TPSA) is 225 Å². The number of aryl methyl sites for hydroxylation is 1. The first-order valence-corrected chi connectivity index (χ1v) is 32.2. The molecule has 0 spiro atoms. The molecule has 4 fully saturated rings. The summed E-state index contributed by atoms with van der Waals surface area (Å²) in [5.41, 5.74) is 9.43. The molecule has 1 aromatic heterocycles. The number of hydrogen-bond donors (Lipinski definition) is 7. The molecule has 478 valence electrons. The van der Waals surface area contributed by atoms with Crippen LogP contribution in [0.15, 0.2) is 187 Å². The van der Waals surface area contributed by atoms with E-state index in [4.69, 9.17) is 0 Å². The molecule has 0 atom stereocenters. The van der Waals surface area contributed by atoms with E-state index in [2.05, 4.69) is 103 Å². The molecule has 4 saturated heterocycles. The number of tetrazole rings is 1. The minimum atomic E-state index is -0.712. The number of halogens is 1. The van der Waals surface area contributed by atoms with E-state index >= 15 is 0 Å². The molecule has 6 aromatic carbocycles. The number of piperidine rings is 3. The fraction of sp³-hybridized carbons (Fsp3) is 0.388. The van der Waals surface area contributed by atoms with E-state index in [0.717, 1.165) is 104 Å². The fourth-order valence-electron chi connectivity index (χ4n) is 12.0. The molecule has 0 bridgehead atoms. The van der Waals surface area contributed by atoms with E-state index in [-0.39, 0.29) is 29.4 Å². The molecule has 0 unspecified atom stereocenters. The molecule has 7 aromatic rings. The van der Waals surface area contributed by atoms with Crippen LogP contribution in [-0.2, 0) is 27.5 Å². The van der Waals surface area contributed by atoms with Crippen LogP contribution in [0.2, 0.25) is 0 Å². The number of rotatable bonds is 19. The van der Waals surface area contributed by atoms with Gasteiger partial charge >= 0.3 is 11.7 Å². The van der Waals surface area contributed by atoms with Gasteiger partial charge in [0.1, 0.15) is 16.6 Å². The number of hydrazine groups is 3. The number of urea groups is 1. The van der Waals surface area contributed by atoms with Crippen molar-refractivity contribution in [1.29, 1.82) is 0 Å². The maximum atomic E-state index is 13.4. The Balaban J connectivity index is 0.000000164. The Morgan fingerprint density at radius 3 is 1.31 bits per heavy atom. The van der Waals surface area contributed by atoms with E-state index in [1.807, 2.05) is 179 Å². The third kappa shape index (κ3) is 16.5. The first-order chi connectivity index (χ1) is 43.9. The van der Waals surface area contributed by atoms with Gasteiger partial charge in [-0.05, 0) is 162 Å². The molecular formula is C67H88BrN17O5.